The Morgan fingerprint density at radius 1 is 0.868 bits per heavy atom. The Morgan fingerprint density at radius 3 is 2.26 bits per heavy atom. The lowest BCUT2D eigenvalue weighted by molar-refractivity contribution is -0.0627. The van der Waals surface area contributed by atoms with Crippen molar-refractivity contribution in [2.24, 2.45) is 33.7 Å². The van der Waals surface area contributed by atoms with Crippen molar-refractivity contribution in [1.29, 1.82) is 0 Å². The van der Waals surface area contributed by atoms with E-state index in [1.54, 1.807) is 5.57 Å². The van der Waals surface area contributed by atoms with Crippen molar-refractivity contribution in [3.63, 3.8) is 0 Å². The number of fused-ring (bicyclic) bond motifs is 5. The lowest BCUT2D eigenvalue weighted by Crippen LogP contribution is -2.53. The van der Waals surface area contributed by atoms with Gasteiger partial charge in [-0.1, -0.05) is 61.0 Å². The van der Waals surface area contributed by atoms with Crippen LogP contribution in [0, 0.1) is 28.6 Å². The molecular weight excluding hydrogens is 503 g/mol. The minimum absolute atomic E-state index is 0.0787. The molecule has 0 radical (unpaired) electrons. The van der Waals surface area contributed by atoms with Crippen LogP contribution in [-0.4, -0.2) is 34.6 Å². The quantitative estimate of drug-likeness (QED) is 0.193. The van der Waals surface area contributed by atoms with Crippen LogP contribution < -0.4 is 0 Å². The number of oxime groups is 1. The summed E-state index contributed by atoms with van der Waals surface area (Å²) in [5, 5.41) is 4.82. The van der Waals surface area contributed by atoms with Crippen molar-refractivity contribution in [3.8, 4) is 0 Å². The standard InChI is InChI=1S/C32H51NO3Si2/c1-31-18-16-25(35-37(3,4)5)20-24(31)14-15-26-27(31)17-19-32(2)28(26)21-29(30(32)36-38(6,7)8)33-34-22-23-12-10-9-11-13-23/h9-14,25-28,30H,15-22H2,1-8H3. The Kier molecular flexibility index (Phi) is 7.69. The largest absolute Gasteiger partial charge is 0.414 e. The van der Waals surface area contributed by atoms with Gasteiger partial charge in [0.25, 0.3) is 0 Å². The van der Waals surface area contributed by atoms with Crippen molar-refractivity contribution in [2.45, 2.75) is 117 Å². The predicted molar refractivity (Wildman–Crippen MR) is 162 cm³/mol. The predicted octanol–water partition coefficient (Wildman–Crippen LogP) is 8.57. The Labute approximate surface area is 233 Å². The first-order chi connectivity index (χ1) is 17.8. The smallest absolute Gasteiger partial charge is 0.184 e. The third-order valence-corrected chi connectivity index (χ3v) is 12.1. The van der Waals surface area contributed by atoms with Gasteiger partial charge < -0.3 is 13.7 Å². The molecule has 0 N–H and O–H groups in total. The average molecular weight is 554 g/mol. The molecule has 4 nitrogen and oxygen atoms in total. The minimum Gasteiger partial charge on any atom is -0.414 e. The number of hydrogen-bond acceptors (Lipinski definition) is 4. The van der Waals surface area contributed by atoms with Crippen molar-refractivity contribution >= 4 is 22.3 Å². The van der Waals surface area contributed by atoms with Crippen LogP contribution in [0.4, 0.5) is 0 Å². The normalized spacial score (nSPS) is 38.3. The fourth-order valence-corrected chi connectivity index (χ4v) is 10.7. The second kappa shape index (κ2) is 10.3. The van der Waals surface area contributed by atoms with E-state index in [1.807, 2.05) is 6.07 Å². The molecule has 0 heterocycles. The number of nitrogens with zero attached hydrogens (tertiary/aromatic N) is 1. The van der Waals surface area contributed by atoms with Gasteiger partial charge in [0.15, 0.2) is 16.6 Å². The number of rotatable bonds is 7. The van der Waals surface area contributed by atoms with E-state index in [4.69, 9.17) is 18.8 Å². The van der Waals surface area contributed by atoms with E-state index in [0.29, 0.717) is 30.0 Å². The Morgan fingerprint density at radius 2 is 1.58 bits per heavy atom. The van der Waals surface area contributed by atoms with Gasteiger partial charge in [0, 0.05) is 11.5 Å². The SMILES string of the molecule is CC12CCC(O[Si](C)(C)C)CC1=CCC1C2CCC2(C)C(O[Si](C)(C)C)C(=NOCc3ccccc3)CC12. The first kappa shape index (κ1) is 28.3. The van der Waals surface area contributed by atoms with Crippen molar-refractivity contribution in [3.05, 3.63) is 47.5 Å². The third kappa shape index (κ3) is 5.66. The highest BCUT2D eigenvalue weighted by molar-refractivity contribution is 6.70. The molecule has 210 valence electrons. The summed E-state index contributed by atoms with van der Waals surface area (Å²) < 4.78 is 13.6. The van der Waals surface area contributed by atoms with Gasteiger partial charge in [0.05, 0.1) is 11.8 Å². The molecule has 0 aliphatic heterocycles. The van der Waals surface area contributed by atoms with E-state index >= 15 is 0 Å². The fourth-order valence-electron chi connectivity index (χ4n) is 8.40. The molecule has 3 saturated carbocycles. The van der Waals surface area contributed by atoms with E-state index in [-0.39, 0.29) is 11.5 Å². The maximum Gasteiger partial charge on any atom is 0.184 e. The van der Waals surface area contributed by atoms with Crippen LogP contribution in [0.3, 0.4) is 0 Å². The highest BCUT2D eigenvalue weighted by Gasteiger charge is 2.61. The van der Waals surface area contributed by atoms with Crippen LogP contribution in [-0.2, 0) is 20.3 Å². The number of allylic oxidation sites excluding steroid dienone is 1. The Hall–Kier alpha value is -1.22. The second-order valence-electron chi connectivity index (χ2n) is 15.1. The highest BCUT2D eigenvalue weighted by Crippen LogP contribution is 2.65. The molecule has 7 atom stereocenters. The zero-order chi connectivity index (χ0) is 27.3. The van der Waals surface area contributed by atoms with Crippen LogP contribution in [0.5, 0.6) is 0 Å². The number of benzene rings is 1. The van der Waals surface area contributed by atoms with E-state index < -0.39 is 16.6 Å². The summed E-state index contributed by atoms with van der Waals surface area (Å²) in [7, 11) is -3.28. The van der Waals surface area contributed by atoms with Gasteiger partial charge in [0.2, 0.25) is 0 Å². The molecule has 5 rings (SSSR count). The average Bonchev–Trinajstić information content (AvgIpc) is 3.09. The maximum atomic E-state index is 6.96. The van der Waals surface area contributed by atoms with Crippen LogP contribution in [0.25, 0.3) is 0 Å². The summed E-state index contributed by atoms with van der Waals surface area (Å²) in [6.45, 7) is 19.6. The molecule has 1 aromatic rings. The minimum atomic E-state index is -1.76. The van der Waals surface area contributed by atoms with E-state index in [1.165, 1.54) is 32.1 Å². The molecule has 6 heteroatoms. The molecule has 0 saturated heterocycles. The van der Waals surface area contributed by atoms with E-state index in [2.05, 4.69) is 83.5 Å². The van der Waals surface area contributed by atoms with Crippen LogP contribution in [0.15, 0.2) is 47.1 Å². The molecule has 4 aliphatic rings. The number of hydrogen-bond donors (Lipinski definition) is 0. The molecule has 1 aromatic carbocycles. The molecule has 7 unspecified atom stereocenters. The third-order valence-electron chi connectivity index (χ3n) is 10.1. The Bertz CT molecular complexity index is 1060. The molecule has 0 amide bonds. The zero-order valence-corrected chi connectivity index (χ0v) is 27.2. The summed E-state index contributed by atoms with van der Waals surface area (Å²) in [5.74, 6) is 2.06. The van der Waals surface area contributed by atoms with Crippen molar-refractivity contribution in [2.75, 3.05) is 0 Å². The first-order valence-electron chi connectivity index (χ1n) is 15.1. The molecule has 0 spiro atoms. The molecule has 0 bridgehead atoms. The topological polar surface area (TPSA) is 40.0 Å². The first-order valence-corrected chi connectivity index (χ1v) is 21.9. The van der Waals surface area contributed by atoms with Gasteiger partial charge in [-0.3, -0.25) is 0 Å². The van der Waals surface area contributed by atoms with E-state index in [0.717, 1.165) is 30.0 Å². The van der Waals surface area contributed by atoms with Gasteiger partial charge in [-0.2, -0.15) is 0 Å². The van der Waals surface area contributed by atoms with Gasteiger partial charge in [-0.05, 0) is 113 Å². The van der Waals surface area contributed by atoms with Crippen LogP contribution in [0.2, 0.25) is 39.3 Å². The lowest BCUT2D eigenvalue weighted by atomic mass is 9.48. The molecule has 0 aromatic heterocycles. The van der Waals surface area contributed by atoms with Gasteiger partial charge >= 0.3 is 0 Å². The molecule has 4 aliphatic carbocycles. The van der Waals surface area contributed by atoms with Gasteiger partial charge in [0.1, 0.15) is 6.61 Å². The molecular formula is C32H51NO3Si2. The maximum absolute atomic E-state index is 6.96. The van der Waals surface area contributed by atoms with Crippen molar-refractivity contribution < 1.29 is 13.7 Å². The molecule has 3 fully saturated rings. The highest BCUT2D eigenvalue weighted by atomic mass is 28.4. The fraction of sp³-hybridized carbons (Fsp3) is 0.719. The van der Waals surface area contributed by atoms with Crippen LogP contribution >= 0.6 is 0 Å². The van der Waals surface area contributed by atoms with Crippen LogP contribution in [0.1, 0.15) is 64.4 Å². The summed E-state index contributed by atoms with van der Waals surface area (Å²) in [6.07, 6.45) is 11.5. The summed E-state index contributed by atoms with van der Waals surface area (Å²) in [6, 6.07) is 10.4. The monoisotopic (exact) mass is 553 g/mol. The van der Waals surface area contributed by atoms with Gasteiger partial charge in [-0.15, -0.1) is 0 Å². The molecule has 38 heavy (non-hydrogen) atoms. The summed E-state index contributed by atoms with van der Waals surface area (Å²) in [4.78, 5) is 5.99. The summed E-state index contributed by atoms with van der Waals surface area (Å²) >= 11 is 0. The lowest BCUT2D eigenvalue weighted by Gasteiger charge is -2.58. The zero-order valence-electron chi connectivity index (χ0n) is 25.2. The van der Waals surface area contributed by atoms with E-state index in [9.17, 15) is 0 Å². The Balaban J connectivity index is 1.38. The summed E-state index contributed by atoms with van der Waals surface area (Å²) in [5.41, 5.74) is 4.47. The van der Waals surface area contributed by atoms with Crippen molar-refractivity contribution in [1.82, 2.24) is 0 Å². The second-order valence-corrected chi connectivity index (χ2v) is 24.0. The van der Waals surface area contributed by atoms with Gasteiger partial charge in [-0.25, -0.2) is 0 Å².